The van der Waals surface area contributed by atoms with Gasteiger partial charge in [0.25, 0.3) is 5.56 Å². The summed E-state index contributed by atoms with van der Waals surface area (Å²) in [5.41, 5.74) is 2.28. The van der Waals surface area contributed by atoms with Gasteiger partial charge in [-0.15, -0.1) is 11.3 Å². The van der Waals surface area contributed by atoms with Crippen molar-refractivity contribution in [1.29, 1.82) is 5.26 Å². The lowest BCUT2D eigenvalue weighted by Crippen LogP contribution is -2.07. The van der Waals surface area contributed by atoms with E-state index < -0.39 is 0 Å². The summed E-state index contributed by atoms with van der Waals surface area (Å²) in [6, 6.07) is 17.6. The van der Waals surface area contributed by atoms with Crippen LogP contribution in [0.1, 0.15) is 35.9 Å². The minimum atomic E-state index is -0.296. The van der Waals surface area contributed by atoms with Crippen molar-refractivity contribution in [3.8, 4) is 6.07 Å². The Bertz CT molecular complexity index is 1010. The lowest BCUT2D eigenvalue weighted by molar-refractivity contribution is 0.866. The maximum atomic E-state index is 12.2. The zero-order valence-electron chi connectivity index (χ0n) is 13.5. The van der Waals surface area contributed by atoms with E-state index in [2.05, 4.69) is 37.0 Å². The van der Waals surface area contributed by atoms with Gasteiger partial charge < -0.3 is 0 Å². The zero-order chi connectivity index (χ0) is 17.1. The van der Waals surface area contributed by atoms with E-state index in [1.807, 2.05) is 30.3 Å². The maximum absolute atomic E-state index is 12.2. The summed E-state index contributed by atoms with van der Waals surface area (Å²) in [6.07, 6.45) is 1.77. The second-order valence-corrected chi connectivity index (χ2v) is 6.84. The number of fused-ring (bicyclic) bond motifs is 1. The lowest BCUT2D eigenvalue weighted by Gasteiger charge is -2.05. The Hall–Kier alpha value is -2.77. The topological polar surface area (TPSA) is 53.8 Å². The summed E-state index contributed by atoms with van der Waals surface area (Å²) in [5.74, 6) is 0.464. The molecule has 2 aromatic carbocycles. The first-order valence-corrected chi connectivity index (χ1v) is 8.52. The van der Waals surface area contributed by atoms with Crippen LogP contribution in [0.15, 0.2) is 53.3 Å². The number of rotatable bonds is 3. The number of hydrogen-bond donors (Lipinski definition) is 0. The van der Waals surface area contributed by atoms with Crippen molar-refractivity contribution in [2.45, 2.75) is 19.8 Å². The molecular formula is C20H16N2OS. The fourth-order valence-corrected chi connectivity index (χ4v) is 3.38. The van der Waals surface area contributed by atoms with E-state index in [1.165, 1.54) is 16.9 Å². The van der Waals surface area contributed by atoms with Crippen LogP contribution in [-0.2, 0) is 0 Å². The fourth-order valence-electron chi connectivity index (χ4n) is 2.41. The lowest BCUT2D eigenvalue weighted by atomic mass is 10.0. The monoisotopic (exact) mass is 332 g/mol. The predicted molar refractivity (Wildman–Crippen MR) is 99.9 cm³/mol. The van der Waals surface area contributed by atoms with E-state index in [-0.39, 0.29) is 5.56 Å². The van der Waals surface area contributed by atoms with Gasteiger partial charge in [0.1, 0.15) is 11.1 Å². The first kappa shape index (κ1) is 16.1. The van der Waals surface area contributed by atoms with Gasteiger partial charge in [0.15, 0.2) is 0 Å². The molecule has 24 heavy (non-hydrogen) atoms. The molecule has 0 atom stereocenters. The molecule has 3 aromatic rings. The Balaban J connectivity index is 2.05. The van der Waals surface area contributed by atoms with Crippen LogP contribution in [0.4, 0.5) is 0 Å². The molecular weight excluding hydrogens is 316 g/mol. The van der Waals surface area contributed by atoms with Crippen molar-refractivity contribution in [1.82, 2.24) is 4.98 Å². The van der Waals surface area contributed by atoms with Gasteiger partial charge in [-0.25, -0.2) is 0 Å². The molecule has 1 heterocycles. The number of benzene rings is 2. The van der Waals surface area contributed by atoms with Crippen LogP contribution < -0.4 is 5.56 Å². The van der Waals surface area contributed by atoms with Gasteiger partial charge in [0.05, 0.1) is 11.0 Å². The number of allylic oxidation sites excluding steroid dienone is 1. The van der Waals surface area contributed by atoms with Gasteiger partial charge in [-0.2, -0.15) is 10.2 Å². The van der Waals surface area contributed by atoms with Crippen LogP contribution in [0, 0.1) is 11.3 Å². The Kier molecular flexibility index (Phi) is 4.54. The molecule has 0 radical (unpaired) electrons. The van der Waals surface area contributed by atoms with E-state index in [0.29, 0.717) is 21.9 Å². The molecule has 0 bridgehead atoms. The van der Waals surface area contributed by atoms with Crippen molar-refractivity contribution in [2.75, 3.05) is 0 Å². The number of nitrogens with zero attached hydrogens (tertiary/aromatic N) is 2. The number of aromatic nitrogens is 1. The van der Waals surface area contributed by atoms with Gasteiger partial charge in [-0.1, -0.05) is 50.2 Å². The molecule has 3 rings (SSSR count). The molecule has 0 spiro atoms. The van der Waals surface area contributed by atoms with Gasteiger partial charge in [-0.05, 0) is 35.3 Å². The van der Waals surface area contributed by atoms with Gasteiger partial charge >= 0.3 is 0 Å². The standard InChI is InChI=1S/C20H16N2OS/c1-13(2)15-9-7-14(8-10-15)11-16(12-21)20-22-19(23)17-5-3-4-6-18(17)24-20/h3-11,13H,1-2H3/b16-11+. The van der Waals surface area contributed by atoms with Gasteiger partial charge in [0, 0.05) is 4.70 Å². The van der Waals surface area contributed by atoms with Gasteiger partial charge in [0.2, 0.25) is 0 Å². The second-order valence-electron chi connectivity index (χ2n) is 5.81. The summed E-state index contributed by atoms with van der Waals surface area (Å²) >= 11 is 1.36. The summed E-state index contributed by atoms with van der Waals surface area (Å²) in [7, 11) is 0. The van der Waals surface area contributed by atoms with Crippen molar-refractivity contribution in [3.05, 3.63) is 75.0 Å². The third-order valence-corrected chi connectivity index (χ3v) is 4.87. The zero-order valence-corrected chi connectivity index (χ0v) is 14.3. The summed E-state index contributed by atoms with van der Waals surface area (Å²) in [5, 5.41) is 10.5. The third-order valence-electron chi connectivity index (χ3n) is 3.79. The highest BCUT2D eigenvalue weighted by atomic mass is 32.1. The Morgan fingerprint density at radius 2 is 1.88 bits per heavy atom. The van der Waals surface area contributed by atoms with Crippen LogP contribution in [0.3, 0.4) is 0 Å². The summed E-state index contributed by atoms with van der Waals surface area (Å²) < 4.78 is 0.837. The van der Waals surface area contributed by atoms with E-state index in [9.17, 15) is 10.1 Å². The van der Waals surface area contributed by atoms with E-state index in [0.717, 1.165) is 10.3 Å². The summed E-state index contributed by atoms with van der Waals surface area (Å²) in [4.78, 5) is 16.2. The van der Waals surface area contributed by atoms with Crippen molar-refractivity contribution >= 4 is 33.1 Å². The Morgan fingerprint density at radius 1 is 1.17 bits per heavy atom. The molecule has 4 heteroatoms. The van der Waals surface area contributed by atoms with Crippen molar-refractivity contribution < 1.29 is 0 Å². The second kappa shape index (κ2) is 6.77. The van der Waals surface area contributed by atoms with E-state index in [1.54, 1.807) is 12.1 Å². The van der Waals surface area contributed by atoms with Crippen molar-refractivity contribution in [2.24, 2.45) is 0 Å². The molecule has 0 saturated heterocycles. The SMILES string of the molecule is CC(C)c1ccc(/C=C(\C#N)c2nc(=O)c3ccccc3s2)cc1. The minimum absolute atomic E-state index is 0.296. The summed E-state index contributed by atoms with van der Waals surface area (Å²) in [6.45, 7) is 4.28. The fraction of sp³-hybridized carbons (Fsp3) is 0.150. The maximum Gasteiger partial charge on any atom is 0.279 e. The molecule has 0 unspecified atom stereocenters. The highest BCUT2D eigenvalue weighted by molar-refractivity contribution is 7.19. The Morgan fingerprint density at radius 3 is 2.54 bits per heavy atom. The van der Waals surface area contributed by atoms with Gasteiger partial charge in [-0.3, -0.25) is 4.79 Å². The van der Waals surface area contributed by atoms with Crippen LogP contribution in [-0.4, -0.2) is 4.98 Å². The normalized spacial score (nSPS) is 11.7. The molecule has 0 aliphatic carbocycles. The molecule has 0 N–H and O–H groups in total. The molecule has 0 aliphatic rings. The molecule has 0 fully saturated rings. The first-order valence-electron chi connectivity index (χ1n) is 7.70. The van der Waals surface area contributed by atoms with Crippen LogP contribution in [0.5, 0.6) is 0 Å². The van der Waals surface area contributed by atoms with Crippen molar-refractivity contribution in [3.63, 3.8) is 0 Å². The predicted octanol–water partition coefficient (Wildman–Crippen LogP) is 4.84. The van der Waals surface area contributed by atoms with E-state index in [4.69, 9.17) is 0 Å². The smallest absolute Gasteiger partial charge is 0.267 e. The molecule has 0 amide bonds. The third kappa shape index (κ3) is 3.27. The molecule has 0 saturated carbocycles. The number of hydrogen-bond acceptors (Lipinski definition) is 4. The Labute approximate surface area is 144 Å². The average molecular weight is 332 g/mol. The molecule has 3 nitrogen and oxygen atoms in total. The van der Waals surface area contributed by atoms with Crippen LogP contribution in [0.2, 0.25) is 0 Å². The molecule has 1 aromatic heterocycles. The quantitative estimate of drug-likeness (QED) is 0.645. The van der Waals surface area contributed by atoms with Crippen LogP contribution >= 0.6 is 11.3 Å². The molecule has 118 valence electrons. The number of nitriles is 1. The highest BCUT2D eigenvalue weighted by Crippen LogP contribution is 2.24. The average Bonchev–Trinajstić information content (AvgIpc) is 2.60. The highest BCUT2D eigenvalue weighted by Gasteiger charge is 2.09. The first-order chi connectivity index (χ1) is 11.6. The van der Waals surface area contributed by atoms with E-state index >= 15 is 0 Å². The molecule has 0 aliphatic heterocycles. The minimum Gasteiger partial charge on any atom is -0.267 e. The van der Waals surface area contributed by atoms with Crippen LogP contribution in [0.25, 0.3) is 21.7 Å². The largest absolute Gasteiger partial charge is 0.279 e.